The molecule has 21 heavy (non-hydrogen) atoms. The zero-order chi connectivity index (χ0) is 15.6. The third-order valence-corrected chi connectivity index (χ3v) is 3.56. The van der Waals surface area contributed by atoms with Crippen LogP contribution < -0.4 is 0 Å². The van der Waals surface area contributed by atoms with E-state index in [0.29, 0.717) is 0 Å². The van der Waals surface area contributed by atoms with E-state index in [4.69, 9.17) is 4.74 Å². The van der Waals surface area contributed by atoms with Gasteiger partial charge in [-0.25, -0.2) is 9.18 Å². The zero-order valence-electron chi connectivity index (χ0n) is 12.8. The second kappa shape index (κ2) is 5.88. The molecule has 1 aromatic carbocycles. The lowest BCUT2D eigenvalue weighted by molar-refractivity contribution is 0.0178. The molecule has 1 unspecified atom stereocenters. The highest BCUT2D eigenvalue weighted by atomic mass is 19.1. The molecule has 3 nitrogen and oxygen atoms in total. The standard InChI is InChI=1S/C17H22FNO2/c1-5-14-10-11-15(12-6-8-13(18)9-7-12)19(14)16(20)21-17(2,3)4/h5-9,14-15H,1,10-11H2,2-4H3/t14?,15-/m0/s1. The average molecular weight is 291 g/mol. The van der Waals surface area contributed by atoms with Crippen molar-refractivity contribution in [2.75, 3.05) is 0 Å². The molecule has 1 amide bonds. The topological polar surface area (TPSA) is 29.5 Å². The fraction of sp³-hybridized carbons (Fsp3) is 0.471. The van der Waals surface area contributed by atoms with E-state index >= 15 is 0 Å². The van der Waals surface area contributed by atoms with Crippen LogP contribution in [0, 0.1) is 5.82 Å². The Bertz CT molecular complexity index is 519. The first kappa shape index (κ1) is 15.5. The van der Waals surface area contributed by atoms with E-state index in [1.54, 1.807) is 23.1 Å². The van der Waals surface area contributed by atoms with Crippen LogP contribution in [0.3, 0.4) is 0 Å². The largest absolute Gasteiger partial charge is 0.444 e. The summed E-state index contributed by atoms with van der Waals surface area (Å²) in [6.07, 6.45) is 3.08. The molecule has 0 spiro atoms. The molecule has 0 aliphatic carbocycles. The molecule has 2 atom stereocenters. The third kappa shape index (κ3) is 3.63. The summed E-state index contributed by atoms with van der Waals surface area (Å²) < 4.78 is 18.6. The van der Waals surface area contributed by atoms with E-state index in [1.165, 1.54) is 12.1 Å². The highest BCUT2D eigenvalue weighted by Gasteiger charge is 2.38. The fourth-order valence-electron chi connectivity index (χ4n) is 2.66. The monoisotopic (exact) mass is 291 g/mol. The second-order valence-electron chi connectivity index (χ2n) is 6.34. The van der Waals surface area contributed by atoms with Crippen LogP contribution in [0.5, 0.6) is 0 Å². The quantitative estimate of drug-likeness (QED) is 0.753. The lowest BCUT2D eigenvalue weighted by atomic mass is 10.0. The SMILES string of the molecule is C=CC1CC[C@@H](c2ccc(F)cc2)N1C(=O)OC(C)(C)C. The lowest BCUT2D eigenvalue weighted by Gasteiger charge is -2.31. The van der Waals surface area contributed by atoms with Gasteiger partial charge in [-0.3, -0.25) is 4.90 Å². The predicted octanol–water partition coefficient (Wildman–Crippen LogP) is 4.45. The number of hydrogen-bond acceptors (Lipinski definition) is 2. The number of carbonyl (C=O) groups excluding carboxylic acids is 1. The number of benzene rings is 1. The summed E-state index contributed by atoms with van der Waals surface area (Å²) in [5, 5.41) is 0. The van der Waals surface area contributed by atoms with Gasteiger partial charge in [-0.1, -0.05) is 18.2 Å². The Kier molecular flexibility index (Phi) is 4.35. The molecular formula is C17H22FNO2. The van der Waals surface area contributed by atoms with Crippen LogP contribution in [0.1, 0.15) is 45.2 Å². The number of halogens is 1. The van der Waals surface area contributed by atoms with E-state index < -0.39 is 5.60 Å². The third-order valence-electron chi connectivity index (χ3n) is 3.56. The molecule has 2 rings (SSSR count). The van der Waals surface area contributed by atoms with Crippen molar-refractivity contribution in [1.29, 1.82) is 0 Å². The first-order valence-corrected chi connectivity index (χ1v) is 7.21. The summed E-state index contributed by atoms with van der Waals surface area (Å²) in [7, 11) is 0. The Balaban J connectivity index is 2.25. The van der Waals surface area contributed by atoms with E-state index in [1.807, 2.05) is 20.8 Å². The minimum atomic E-state index is -0.543. The smallest absolute Gasteiger partial charge is 0.411 e. The number of rotatable bonds is 2. The fourth-order valence-corrected chi connectivity index (χ4v) is 2.66. The van der Waals surface area contributed by atoms with Crippen molar-refractivity contribution >= 4 is 6.09 Å². The molecule has 0 aromatic heterocycles. The van der Waals surface area contributed by atoms with E-state index in [2.05, 4.69) is 6.58 Å². The van der Waals surface area contributed by atoms with Crippen molar-refractivity contribution < 1.29 is 13.9 Å². The summed E-state index contributed by atoms with van der Waals surface area (Å²) >= 11 is 0. The van der Waals surface area contributed by atoms with Crippen molar-refractivity contribution in [3.63, 3.8) is 0 Å². The minimum Gasteiger partial charge on any atom is -0.444 e. The average Bonchev–Trinajstić information content (AvgIpc) is 2.81. The van der Waals surface area contributed by atoms with Crippen LogP contribution in [0.2, 0.25) is 0 Å². The number of carbonyl (C=O) groups is 1. The molecule has 0 N–H and O–H groups in total. The van der Waals surface area contributed by atoms with Gasteiger partial charge in [-0.15, -0.1) is 6.58 Å². The number of amides is 1. The Morgan fingerprint density at radius 3 is 2.48 bits per heavy atom. The van der Waals surface area contributed by atoms with Gasteiger partial charge in [0.05, 0.1) is 12.1 Å². The van der Waals surface area contributed by atoms with Crippen molar-refractivity contribution in [2.24, 2.45) is 0 Å². The molecule has 0 saturated carbocycles. The van der Waals surface area contributed by atoms with Gasteiger partial charge in [0.2, 0.25) is 0 Å². The first-order chi connectivity index (χ1) is 9.81. The lowest BCUT2D eigenvalue weighted by Crippen LogP contribution is -2.40. The normalized spacial score (nSPS) is 22.2. The second-order valence-corrected chi connectivity index (χ2v) is 6.34. The van der Waals surface area contributed by atoms with Gasteiger partial charge in [-0.2, -0.15) is 0 Å². The van der Waals surface area contributed by atoms with Crippen molar-refractivity contribution in [3.8, 4) is 0 Å². The van der Waals surface area contributed by atoms with Crippen LogP contribution in [0.15, 0.2) is 36.9 Å². The molecule has 4 heteroatoms. The number of likely N-dealkylation sites (tertiary alicyclic amines) is 1. The molecule has 1 aromatic rings. The van der Waals surface area contributed by atoms with Crippen molar-refractivity contribution in [3.05, 3.63) is 48.3 Å². The van der Waals surface area contributed by atoms with Gasteiger partial charge in [0, 0.05) is 0 Å². The van der Waals surface area contributed by atoms with Crippen LogP contribution in [-0.4, -0.2) is 22.6 Å². The highest BCUT2D eigenvalue weighted by Crippen LogP contribution is 2.37. The van der Waals surface area contributed by atoms with E-state index in [0.717, 1.165) is 18.4 Å². The Morgan fingerprint density at radius 1 is 1.33 bits per heavy atom. The molecule has 1 fully saturated rings. The number of hydrogen-bond donors (Lipinski definition) is 0. The molecule has 1 saturated heterocycles. The van der Waals surface area contributed by atoms with Crippen LogP contribution in [-0.2, 0) is 4.74 Å². The Hall–Kier alpha value is -1.84. The van der Waals surface area contributed by atoms with E-state index in [-0.39, 0.29) is 24.0 Å². The van der Waals surface area contributed by atoms with Gasteiger partial charge in [0.1, 0.15) is 11.4 Å². The van der Waals surface area contributed by atoms with Gasteiger partial charge < -0.3 is 4.74 Å². The summed E-state index contributed by atoms with van der Waals surface area (Å²) in [5.74, 6) is -0.277. The van der Waals surface area contributed by atoms with Gasteiger partial charge in [-0.05, 0) is 51.3 Å². The molecule has 1 aliphatic heterocycles. The number of nitrogens with zero attached hydrogens (tertiary/aromatic N) is 1. The molecule has 114 valence electrons. The molecular weight excluding hydrogens is 269 g/mol. The van der Waals surface area contributed by atoms with Gasteiger partial charge >= 0.3 is 6.09 Å². The Labute approximate surface area is 125 Å². The maximum atomic E-state index is 13.1. The maximum Gasteiger partial charge on any atom is 0.411 e. The van der Waals surface area contributed by atoms with Crippen LogP contribution >= 0.6 is 0 Å². The summed E-state index contributed by atoms with van der Waals surface area (Å²) in [5.41, 5.74) is 0.380. The number of ether oxygens (including phenoxy) is 1. The Morgan fingerprint density at radius 2 is 1.95 bits per heavy atom. The van der Waals surface area contributed by atoms with E-state index in [9.17, 15) is 9.18 Å². The summed E-state index contributed by atoms with van der Waals surface area (Å²) in [6.45, 7) is 9.34. The minimum absolute atomic E-state index is 0.0464. The summed E-state index contributed by atoms with van der Waals surface area (Å²) in [4.78, 5) is 14.2. The van der Waals surface area contributed by atoms with Gasteiger partial charge in [0.25, 0.3) is 0 Å². The predicted molar refractivity (Wildman–Crippen MR) is 80.4 cm³/mol. The van der Waals surface area contributed by atoms with Crippen molar-refractivity contribution in [1.82, 2.24) is 4.90 Å². The molecule has 1 heterocycles. The molecule has 0 bridgehead atoms. The highest BCUT2D eigenvalue weighted by molar-refractivity contribution is 5.70. The van der Waals surface area contributed by atoms with Crippen molar-refractivity contribution in [2.45, 2.75) is 51.3 Å². The maximum absolute atomic E-state index is 13.1. The first-order valence-electron chi connectivity index (χ1n) is 7.21. The summed E-state index contributed by atoms with van der Waals surface area (Å²) in [6, 6.07) is 6.15. The van der Waals surface area contributed by atoms with Crippen LogP contribution in [0.25, 0.3) is 0 Å². The molecule has 0 radical (unpaired) electrons. The van der Waals surface area contributed by atoms with Crippen LogP contribution in [0.4, 0.5) is 9.18 Å². The zero-order valence-corrected chi connectivity index (χ0v) is 12.8. The molecule has 1 aliphatic rings. The van der Waals surface area contributed by atoms with Gasteiger partial charge in [0.15, 0.2) is 0 Å².